The van der Waals surface area contributed by atoms with Gasteiger partial charge in [0.2, 0.25) is 5.88 Å². The van der Waals surface area contributed by atoms with Crippen molar-refractivity contribution in [3.63, 3.8) is 0 Å². The zero-order chi connectivity index (χ0) is 37.8. The van der Waals surface area contributed by atoms with E-state index in [1.54, 1.807) is 10.9 Å². The molecule has 0 spiro atoms. The molecule has 0 saturated carbocycles. The van der Waals surface area contributed by atoms with Crippen molar-refractivity contribution < 1.29 is 23.7 Å². The van der Waals surface area contributed by atoms with Gasteiger partial charge in [0, 0.05) is 64.3 Å². The van der Waals surface area contributed by atoms with Gasteiger partial charge in [0.15, 0.2) is 17.0 Å². The molecule has 0 fully saturated rings. The number of rotatable bonds is 17. The fraction of sp³-hybridized carbons (Fsp3) is 0.410. The third-order valence-corrected chi connectivity index (χ3v) is 12.2. The Bertz CT molecular complexity index is 2160. The molecule has 5 aromatic heterocycles. The van der Waals surface area contributed by atoms with Gasteiger partial charge in [-0.25, -0.2) is 4.98 Å². The van der Waals surface area contributed by atoms with Crippen molar-refractivity contribution in [3.05, 3.63) is 67.3 Å². The van der Waals surface area contributed by atoms with E-state index in [4.69, 9.17) is 34.0 Å². The molecule has 0 aliphatic rings. The van der Waals surface area contributed by atoms with Crippen molar-refractivity contribution in [1.82, 2.24) is 33.9 Å². The predicted molar refractivity (Wildman–Crippen MR) is 214 cm³/mol. The summed E-state index contributed by atoms with van der Waals surface area (Å²) >= 11 is 0. The van der Waals surface area contributed by atoms with E-state index in [1.807, 2.05) is 71.0 Å². The zero-order valence-electron chi connectivity index (χ0n) is 32.2. The number of fused-ring (bicyclic) bond motifs is 3. The summed E-state index contributed by atoms with van der Waals surface area (Å²) in [6, 6.07) is 16.2. The Labute approximate surface area is 313 Å². The largest absolute Gasteiger partial charge is 0.488 e. The number of esters is 1. The first-order valence-corrected chi connectivity index (χ1v) is 25.7. The fourth-order valence-corrected chi connectivity index (χ4v) is 7.40. The molecular weight excluding hydrogens is 703 g/mol. The summed E-state index contributed by atoms with van der Waals surface area (Å²) in [7, 11) is -2.76. The first-order valence-electron chi connectivity index (χ1n) is 18.3. The lowest BCUT2D eigenvalue weighted by Gasteiger charge is -2.19. The van der Waals surface area contributed by atoms with Crippen LogP contribution in [0, 0.1) is 0 Å². The van der Waals surface area contributed by atoms with Crippen molar-refractivity contribution in [2.45, 2.75) is 78.5 Å². The second kappa shape index (κ2) is 16.1. The molecule has 5 heterocycles. The number of pyridine rings is 1. The molecule has 0 unspecified atom stereocenters. The summed E-state index contributed by atoms with van der Waals surface area (Å²) in [5, 5.41) is 10.3. The Morgan fingerprint density at radius 1 is 0.811 bits per heavy atom. The van der Waals surface area contributed by atoms with Crippen LogP contribution in [-0.4, -0.2) is 82.5 Å². The van der Waals surface area contributed by atoms with Crippen molar-refractivity contribution >= 4 is 38.8 Å². The average Bonchev–Trinajstić information content (AvgIpc) is 3.83. The molecule has 0 aliphatic heterocycles. The molecule has 0 aliphatic carbocycles. The van der Waals surface area contributed by atoms with E-state index in [0.717, 1.165) is 51.1 Å². The number of aromatic nitrogens is 7. The van der Waals surface area contributed by atoms with E-state index in [0.29, 0.717) is 49.3 Å². The van der Waals surface area contributed by atoms with Crippen LogP contribution in [0.25, 0.3) is 50.3 Å². The molecule has 280 valence electrons. The molecule has 14 heteroatoms. The number of hydrogen-bond donors (Lipinski definition) is 0. The molecule has 0 bridgehead atoms. The van der Waals surface area contributed by atoms with Crippen LogP contribution < -0.4 is 9.47 Å². The van der Waals surface area contributed by atoms with Gasteiger partial charge in [-0.05, 0) is 25.1 Å². The highest BCUT2D eigenvalue weighted by Crippen LogP contribution is 2.45. The van der Waals surface area contributed by atoms with Crippen molar-refractivity contribution in [2.75, 3.05) is 26.4 Å². The molecule has 6 aromatic rings. The summed E-state index contributed by atoms with van der Waals surface area (Å²) in [6.07, 6.45) is 7.40. The smallest absolute Gasteiger partial charge is 0.302 e. The Hall–Kier alpha value is -4.80. The van der Waals surface area contributed by atoms with Crippen LogP contribution in [0.5, 0.6) is 11.6 Å². The third-order valence-electron chi connectivity index (χ3n) is 8.82. The molecule has 0 saturated heterocycles. The first-order chi connectivity index (χ1) is 25.3. The van der Waals surface area contributed by atoms with Crippen LogP contribution in [0.3, 0.4) is 0 Å². The van der Waals surface area contributed by atoms with Crippen molar-refractivity contribution in [2.24, 2.45) is 0 Å². The van der Waals surface area contributed by atoms with E-state index in [9.17, 15) is 4.79 Å². The Morgan fingerprint density at radius 3 is 2.25 bits per heavy atom. The Kier molecular flexibility index (Phi) is 11.5. The molecule has 0 atom stereocenters. The summed E-state index contributed by atoms with van der Waals surface area (Å²) in [4.78, 5) is 21.6. The minimum Gasteiger partial charge on any atom is -0.488 e. The van der Waals surface area contributed by atoms with Crippen LogP contribution in [0.1, 0.15) is 13.8 Å². The lowest BCUT2D eigenvalue weighted by Crippen LogP contribution is -2.23. The molecule has 6 rings (SSSR count). The van der Waals surface area contributed by atoms with Gasteiger partial charge in [0.1, 0.15) is 13.3 Å². The molecule has 53 heavy (non-hydrogen) atoms. The SMILES string of the molecule is CCOc1c(OCC[Si](C)(C)C)n(COCC[Si](C)(C)C)c2c1c(-c1cnn(CCOC(C)=O)c1)nc1c(-c3ccc(-c4ccccc4)nc3)cnn12. The highest BCUT2D eigenvalue weighted by Gasteiger charge is 2.30. The van der Waals surface area contributed by atoms with Gasteiger partial charge in [-0.3, -0.25) is 19.0 Å². The highest BCUT2D eigenvalue weighted by molar-refractivity contribution is 6.76. The molecular formula is C39H51N7O5Si2. The van der Waals surface area contributed by atoms with Crippen molar-refractivity contribution in [3.8, 4) is 45.3 Å². The van der Waals surface area contributed by atoms with Gasteiger partial charge in [0.05, 0.1) is 48.9 Å². The Balaban J connectivity index is 1.55. The number of ether oxygens (including phenoxy) is 4. The molecule has 0 N–H and O–H groups in total. The van der Waals surface area contributed by atoms with Crippen molar-refractivity contribution in [1.29, 1.82) is 0 Å². The van der Waals surface area contributed by atoms with Gasteiger partial charge in [0.25, 0.3) is 0 Å². The van der Waals surface area contributed by atoms with Gasteiger partial charge >= 0.3 is 5.97 Å². The highest BCUT2D eigenvalue weighted by atomic mass is 28.3. The van der Waals surface area contributed by atoms with E-state index in [2.05, 4.69) is 50.4 Å². The van der Waals surface area contributed by atoms with Crippen LogP contribution >= 0.6 is 0 Å². The monoisotopic (exact) mass is 753 g/mol. The van der Waals surface area contributed by atoms with E-state index >= 15 is 0 Å². The number of benzene rings is 1. The minimum atomic E-state index is -1.42. The maximum Gasteiger partial charge on any atom is 0.302 e. The summed E-state index contributed by atoms with van der Waals surface area (Å²) in [5.74, 6) is 0.855. The van der Waals surface area contributed by atoms with E-state index in [-0.39, 0.29) is 19.3 Å². The van der Waals surface area contributed by atoms with E-state index in [1.165, 1.54) is 6.92 Å². The van der Waals surface area contributed by atoms with Gasteiger partial charge < -0.3 is 18.9 Å². The number of nitrogens with zero attached hydrogens (tertiary/aromatic N) is 7. The van der Waals surface area contributed by atoms with Gasteiger partial charge in [-0.2, -0.15) is 14.7 Å². The lowest BCUT2D eigenvalue weighted by molar-refractivity contribution is -0.141. The maximum absolute atomic E-state index is 11.4. The standard InChI is InChI=1S/C39H51N7O5Si2/c1-9-49-36-34-35(31-24-41-44(26-31)17-18-50-28(2)47)43-37-32(30-15-16-33(40-23-30)29-13-11-10-12-14-29)25-42-46(37)38(34)45(27-48-19-21-52(3,4)5)39(36)51-20-22-53(6,7)8/h10-16,23-26H,9,17-22,27H2,1-8H3. The topological polar surface area (TPSA) is 120 Å². The molecule has 12 nitrogen and oxygen atoms in total. The normalized spacial score (nSPS) is 12.2. The summed E-state index contributed by atoms with van der Waals surface area (Å²) < 4.78 is 30.5. The minimum absolute atomic E-state index is 0.210. The van der Waals surface area contributed by atoms with Gasteiger partial charge in [-0.1, -0.05) is 75.7 Å². The average molecular weight is 754 g/mol. The third kappa shape index (κ3) is 9.06. The quantitative estimate of drug-likeness (QED) is 0.0515. The van der Waals surface area contributed by atoms with Crippen LogP contribution in [0.15, 0.2) is 67.3 Å². The predicted octanol–water partition coefficient (Wildman–Crippen LogP) is 8.27. The van der Waals surface area contributed by atoms with Crippen LogP contribution in [0.4, 0.5) is 0 Å². The van der Waals surface area contributed by atoms with Crippen LogP contribution in [-0.2, 0) is 27.5 Å². The number of hydrogen-bond acceptors (Lipinski definition) is 9. The van der Waals surface area contributed by atoms with E-state index < -0.39 is 16.1 Å². The number of carbonyl (C=O) groups excluding carboxylic acids is 1. The van der Waals surface area contributed by atoms with Gasteiger partial charge in [-0.15, -0.1) is 0 Å². The molecule has 0 radical (unpaired) electrons. The summed E-state index contributed by atoms with van der Waals surface area (Å²) in [6.45, 7) is 19.9. The fourth-order valence-electron chi connectivity index (χ4n) is 5.93. The Morgan fingerprint density at radius 2 is 1.57 bits per heavy atom. The summed E-state index contributed by atoms with van der Waals surface area (Å²) in [5.41, 5.74) is 6.48. The lowest BCUT2D eigenvalue weighted by atomic mass is 10.1. The van der Waals surface area contributed by atoms with Crippen LogP contribution in [0.2, 0.25) is 51.4 Å². The number of carbonyl (C=O) groups is 1. The maximum atomic E-state index is 11.4. The molecule has 0 amide bonds. The first kappa shape index (κ1) is 37.9. The zero-order valence-corrected chi connectivity index (χ0v) is 34.2. The molecule has 1 aromatic carbocycles. The second-order valence-electron chi connectivity index (χ2n) is 15.6. The second-order valence-corrected chi connectivity index (χ2v) is 26.8.